The first-order valence-electron chi connectivity index (χ1n) is 12.0. The van der Waals surface area contributed by atoms with Crippen molar-refractivity contribution < 1.29 is 28.2 Å². The van der Waals surface area contributed by atoms with Gasteiger partial charge < -0.3 is 9.84 Å². The van der Waals surface area contributed by atoms with Gasteiger partial charge in [0.2, 0.25) is 0 Å². The minimum Gasteiger partial charge on any atom is -0.460 e. The number of alkyl halides is 1. The highest BCUT2D eigenvalue weighted by molar-refractivity contribution is 14.2. The monoisotopic (exact) mass is 762 g/mol. The zero-order valence-electron chi connectivity index (χ0n) is 20.1. The summed E-state index contributed by atoms with van der Waals surface area (Å²) in [6.45, 7) is 8.05. The van der Waals surface area contributed by atoms with Crippen LogP contribution in [0.5, 0.6) is 0 Å². The molecule has 0 radical (unpaired) electrons. The maximum Gasteiger partial charge on any atom is 0.316 e. The van der Waals surface area contributed by atoms with Crippen LogP contribution >= 0.6 is 64.5 Å². The lowest BCUT2D eigenvalue weighted by Crippen LogP contribution is -2.67. The van der Waals surface area contributed by atoms with Crippen LogP contribution in [0.15, 0.2) is 35.7 Å². The average molecular weight is 762 g/mol. The number of carbonyl (C=O) groups is 2. The third-order valence-electron chi connectivity index (χ3n) is 8.84. The quantitative estimate of drug-likeness (QED) is 0.111. The molecule has 0 aliphatic heterocycles. The van der Waals surface area contributed by atoms with E-state index < -0.39 is 40.0 Å². The standard InChI is InChI=1S/C26H30F2I2O4S2/c1-4-24(3)12-20(34-21(32)13-35-15-5-6-16(27)17(28)11-15)26(36-30)19(29)8-10-25(14(2)23(24)33)9-7-18(31)22(25)26/h4-6,11,14,19-20,22-23,33H,1,7-10,12-13H2,2-3H3/t14-,19?,20+,22?,23-,24+,25?,26+/m0/s1. The Bertz CT molecular complexity index is 1060. The minimum absolute atomic E-state index is 0.0804. The lowest BCUT2D eigenvalue weighted by Gasteiger charge is -2.61. The second kappa shape index (κ2) is 10.9. The SMILES string of the molecule is C=C[C@]1(C)C[C@@H](OC(=O)CSc2ccc(F)c(F)c2)[C@]2(SI)C(I)CCC3(CCC(=O)C32)[C@@H](C)[C@@H]1O. The summed E-state index contributed by atoms with van der Waals surface area (Å²) in [5.41, 5.74) is -1.07. The Kier molecular flexibility index (Phi) is 8.82. The van der Waals surface area contributed by atoms with Crippen LogP contribution in [0.25, 0.3) is 0 Å². The predicted octanol–water partition coefficient (Wildman–Crippen LogP) is 6.95. The van der Waals surface area contributed by atoms with Crippen LogP contribution in [0.2, 0.25) is 0 Å². The van der Waals surface area contributed by atoms with E-state index in [0.717, 1.165) is 43.2 Å². The molecule has 3 fully saturated rings. The Morgan fingerprint density at radius 2 is 2.06 bits per heavy atom. The van der Waals surface area contributed by atoms with Crippen molar-refractivity contribution in [1.29, 1.82) is 0 Å². The summed E-state index contributed by atoms with van der Waals surface area (Å²) in [7, 11) is 1.59. The first kappa shape index (κ1) is 29.1. The number of hydrogen-bond donors (Lipinski definition) is 1. The molecule has 10 heteroatoms. The normalized spacial score (nSPS) is 40.2. The zero-order valence-corrected chi connectivity index (χ0v) is 26.1. The van der Waals surface area contributed by atoms with Crippen LogP contribution in [0.4, 0.5) is 8.78 Å². The van der Waals surface area contributed by atoms with Crippen LogP contribution in [-0.4, -0.2) is 43.5 Å². The van der Waals surface area contributed by atoms with E-state index in [1.54, 1.807) is 15.0 Å². The van der Waals surface area contributed by atoms with E-state index in [1.165, 1.54) is 6.07 Å². The number of ketones is 1. The smallest absolute Gasteiger partial charge is 0.316 e. The Morgan fingerprint density at radius 1 is 1.33 bits per heavy atom. The summed E-state index contributed by atoms with van der Waals surface area (Å²) < 4.78 is 32.6. The molecule has 8 atom stereocenters. The second-order valence-electron chi connectivity index (χ2n) is 10.6. The molecule has 3 aliphatic carbocycles. The number of benzene rings is 1. The molecule has 0 heterocycles. The first-order valence-corrected chi connectivity index (χ1v) is 17.6. The van der Waals surface area contributed by atoms with Gasteiger partial charge >= 0.3 is 5.97 Å². The van der Waals surface area contributed by atoms with Crippen molar-refractivity contribution in [2.45, 2.75) is 71.7 Å². The Balaban J connectivity index is 1.71. The van der Waals surface area contributed by atoms with Crippen LogP contribution < -0.4 is 0 Å². The van der Waals surface area contributed by atoms with E-state index in [0.29, 0.717) is 17.7 Å². The molecule has 1 aromatic carbocycles. The third kappa shape index (κ3) is 4.70. The average Bonchev–Trinajstić information content (AvgIpc) is 3.21. The van der Waals surface area contributed by atoms with Crippen molar-refractivity contribution in [3.05, 3.63) is 42.5 Å². The third-order valence-corrected chi connectivity index (χ3v) is 15.2. The first-order chi connectivity index (χ1) is 16.9. The number of ether oxygens (including phenoxy) is 1. The molecule has 0 aromatic heterocycles. The molecule has 198 valence electrons. The highest BCUT2D eigenvalue weighted by Crippen LogP contribution is 2.69. The number of carbonyl (C=O) groups excluding carboxylic acids is 2. The summed E-state index contributed by atoms with van der Waals surface area (Å²) in [6.07, 6.45) is 3.69. The minimum atomic E-state index is -0.968. The lowest BCUT2D eigenvalue weighted by atomic mass is 9.50. The Labute approximate surface area is 245 Å². The largest absolute Gasteiger partial charge is 0.460 e. The van der Waals surface area contributed by atoms with Crippen molar-refractivity contribution in [2.75, 3.05) is 5.75 Å². The summed E-state index contributed by atoms with van der Waals surface area (Å²) >= 11 is 5.77. The molecule has 0 saturated heterocycles. The van der Waals surface area contributed by atoms with E-state index in [4.69, 9.17) is 4.74 Å². The molecule has 3 saturated carbocycles. The molecule has 2 bridgehead atoms. The van der Waals surface area contributed by atoms with Crippen LogP contribution in [0.3, 0.4) is 0 Å². The fraction of sp³-hybridized carbons (Fsp3) is 0.615. The molecule has 3 aliphatic rings. The van der Waals surface area contributed by atoms with Crippen molar-refractivity contribution >= 4 is 76.2 Å². The van der Waals surface area contributed by atoms with Gasteiger partial charge in [0.1, 0.15) is 11.9 Å². The van der Waals surface area contributed by atoms with Crippen LogP contribution in [0.1, 0.15) is 46.0 Å². The maximum atomic E-state index is 13.6. The maximum absolute atomic E-state index is 13.6. The zero-order chi connectivity index (χ0) is 26.5. The summed E-state index contributed by atoms with van der Waals surface area (Å²) in [6, 6.07) is 3.52. The van der Waals surface area contributed by atoms with Gasteiger partial charge in [-0.1, -0.05) is 51.4 Å². The van der Waals surface area contributed by atoms with Crippen molar-refractivity contribution in [3.8, 4) is 0 Å². The molecule has 0 spiro atoms. The van der Waals surface area contributed by atoms with E-state index >= 15 is 0 Å². The second-order valence-corrected chi connectivity index (χ2v) is 15.3. The Hall–Kier alpha value is 0.0800. The highest BCUT2D eigenvalue weighted by atomic mass is 127. The Morgan fingerprint density at radius 3 is 2.69 bits per heavy atom. The van der Waals surface area contributed by atoms with E-state index in [2.05, 4.69) is 57.3 Å². The van der Waals surface area contributed by atoms with Gasteiger partial charge in [0.05, 0.1) is 16.6 Å². The van der Waals surface area contributed by atoms with Gasteiger partial charge in [-0.25, -0.2) is 8.78 Å². The van der Waals surface area contributed by atoms with Crippen molar-refractivity contribution in [1.82, 2.24) is 0 Å². The lowest BCUT2D eigenvalue weighted by molar-refractivity contribution is -0.166. The van der Waals surface area contributed by atoms with Gasteiger partial charge in [-0.2, -0.15) is 0 Å². The van der Waals surface area contributed by atoms with Gasteiger partial charge in [0.15, 0.2) is 11.6 Å². The molecule has 36 heavy (non-hydrogen) atoms. The van der Waals surface area contributed by atoms with Gasteiger partial charge in [-0.3, -0.25) is 9.59 Å². The number of esters is 1. The number of Topliss-reactive ketones (excluding diaryl/α,β-unsaturated/α-hetero) is 1. The summed E-state index contributed by atoms with van der Waals surface area (Å²) in [4.78, 5) is 27.1. The molecule has 3 unspecified atom stereocenters. The molecule has 0 amide bonds. The fourth-order valence-corrected chi connectivity index (χ4v) is 13.8. The number of aliphatic hydroxyl groups excluding tert-OH is 1. The van der Waals surface area contributed by atoms with Crippen molar-refractivity contribution in [2.24, 2.45) is 22.7 Å². The van der Waals surface area contributed by atoms with E-state index in [-0.39, 0.29) is 32.7 Å². The van der Waals surface area contributed by atoms with Gasteiger partial charge in [0, 0.05) is 26.6 Å². The number of thioether (sulfide) groups is 1. The summed E-state index contributed by atoms with van der Waals surface area (Å²) in [5, 5.41) is 11.6. The van der Waals surface area contributed by atoms with Gasteiger partial charge in [0.25, 0.3) is 0 Å². The molecule has 4 nitrogen and oxygen atoms in total. The van der Waals surface area contributed by atoms with Crippen LogP contribution in [0, 0.1) is 34.3 Å². The van der Waals surface area contributed by atoms with Gasteiger partial charge in [-0.15, -0.1) is 18.3 Å². The van der Waals surface area contributed by atoms with Crippen molar-refractivity contribution in [3.63, 3.8) is 0 Å². The number of aliphatic hydroxyl groups is 1. The van der Waals surface area contributed by atoms with Crippen LogP contribution in [-0.2, 0) is 14.3 Å². The fourth-order valence-electron chi connectivity index (χ4n) is 6.79. The van der Waals surface area contributed by atoms with E-state index in [1.807, 2.05) is 6.92 Å². The molecule has 1 N–H and O–H groups in total. The highest BCUT2D eigenvalue weighted by Gasteiger charge is 2.70. The van der Waals surface area contributed by atoms with Gasteiger partial charge in [-0.05, 0) is 76.4 Å². The summed E-state index contributed by atoms with van der Waals surface area (Å²) in [5.74, 6) is -2.71. The molecular formula is C26H30F2I2O4S2. The predicted molar refractivity (Wildman–Crippen MR) is 157 cm³/mol. The molecule has 1 aromatic rings. The number of hydrogen-bond acceptors (Lipinski definition) is 6. The van der Waals surface area contributed by atoms with E-state index in [9.17, 15) is 23.5 Å². The number of halogens is 4. The molecular weight excluding hydrogens is 732 g/mol. The molecule has 4 rings (SSSR count). The topological polar surface area (TPSA) is 63.6 Å². The number of rotatable bonds is 6.